The second-order valence-corrected chi connectivity index (χ2v) is 8.03. The van der Waals surface area contributed by atoms with Crippen LogP contribution < -0.4 is 5.32 Å². The van der Waals surface area contributed by atoms with Crippen LogP contribution in [0.5, 0.6) is 0 Å². The lowest BCUT2D eigenvalue weighted by molar-refractivity contribution is 0.0125. The molecule has 0 aliphatic carbocycles. The molecule has 0 fully saturated rings. The SMILES string of the molecule is CC(C)(C)CCCOCCOCCOCCCNC(C)(C)C. The topological polar surface area (TPSA) is 39.7 Å². The number of hydrogen-bond donors (Lipinski definition) is 1. The van der Waals surface area contributed by atoms with Crippen molar-refractivity contribution >= 4 is 0 Å². The molecule has 4 heteroatoms. The molecule has 0 unspecified atom stereocenters. The highest BCUT2D eigenvalue weighted by atomic mass is 16.5. The molecule has 0 aromatic heterocycles. The zero-order valence-corrected chi connectivity index (χ0v) is 15.8. The third-order valence-electron chi connectivity index (χ3n) is 3.08. The van der Waals surface area contributed by atoms with Crippen LogP contribution in [-0.4, -0.2) is 51.7 Å². The Bertz CT molecular complexity index is 218. The Balaban J connectivity index is 3.09. The molecular weight excluding hydrogens is 278 g/mol. The Hall–Kier alpha value is -0.160. The van der Waals surface area contributed by atoms with Crippen molar-refractivity contribution in [3.8, 4) is 0 Å². The van der Waals surface area contributed by atoms with E-state index in [1.54, 1.807) is 0 Å². The monoisotopic (exact) mass is 317 g/mol. The van der Waals surface area contributed by atoms with Gasteiger partial charge >= 0.3 is 0 Å². The van der Waals surface area contributed by atoms with Crippen LogP contribution in [0.15, 0.2) is 0 Å². The van der Waals surface area contributed by atoms with E-state index in [9.17, 15) is 0 Å². The maximum Gasteiger partial charge on any atom is 0.0701 e. The molecule has 0 atom stereocenters. The van der Waals surface area contributed by atoms with Crippen LogP contribution in [0, 0.1) is 5.41 Å². The average Bonchev–Trinajstić information content (AvgIpc) is 2.36. The van der Waals surface area contributed by atoms with Crippen LogP contribution in [-0.2, 0) is 14.2 Å². The molecule has 0 aromatic rings. The molecule has 0 bridgehead atoms. The van der Waals surface area contributed by atoms with Crippen molar-refractivity contribution < 1.29 is 14.2 Å². The van der Waals surface area contributed by atoms with Gasteiger partial charge in [0.1, 0.15) is 0 Å². The highest BCUT2D eigenvalue weighted by Gasteiger charge is 2.08. The van der Waals surface area contributed by atoms with Crippen molar-refractivity contribution in [1.29, 1.82) is 0 Å². The van der Waals surface area contributed by atoms with Gasteiger partial charge < -0.3 is 19.5 Å². The Labute approximate surface area is 138 Å². The summed E-state index contributed by atoms with van der Waals surface area (Å²) in [6.07, 6.45) is 3.36. The van der Waals surface area contributed by atoms with Gasteiger partial charge in [0.15, 0.2) is 0 Å². The van der Waals surface area contributed by atoms with E-state index in [0.717, 1.165) is 32.6 Å². The van der Waals surface area contributed by atoms with E-state index in [2.05, 4.69) is 46.9 Å². The number of rotatable bonds is 13. The van der Waals surface area contributed by atoms with Crippen LogP contribution in [0.4, 0.5) is 0 Å². The van der Waals surface area contributed by atoms with Crippen molar-refractivity contribution in [2.45, 2.75) is 66.3 Å². The van der Waals surface area contributed by atoms with E-state index in [0.29, 0.717) is 31.8 Å². The first-order chi connectivity index (χ1) is 10.2. The van der Waals surface area contributed by atoms with Gasteiger partial charge in [0.25, 0.3) is 0 Å². The summed E-state index contributed by atoms with van der Waals surface area (Å²) in [5.41, 5.74) is 0.593. The summed E-state index contributed by atoms with van der Waals surface area (Å²) >= 11 is 0. The van der Waals surface area contributed by atoms with Crippen LogP contribution >= 0.6 is 0 Å². The van der Waals surface area contributed by atoms with E-state index in [-0.39, 0.29) is 5.54 Å². The molecule has 0 rings (SSSR count). The van der Waals surface area contributed by atoms with E-state index in [1.165, 1.54) is 6.42 Å². The fraction of sp³-hybridized carbons (Fsp3) is 1.00. The molecule has 0 aliphatic heterocycles. The van der Waals surface area contributed by atoms with Gasteiger partial charge in [-0.25, -0.2) is 0 Å². The molecule has 4 nitrogen and oxygen atoms in total. The first-order valence-corrected chi connectivity index (χ1v) is 8.69. The first-order valence-electron chi connectivity index (χ1n) is 8.69. The van der Waals surface area contributed by atoms with Crippen LogP contribution in [0.25, 0.3) is 0 Å². The second-order valence-electron chi connectivity index (χ2n) is 8.03. The van der Waals surface area contributed by atoms with Crippen molar-refractivity contribution in [3.63, 3.8) is 0 Å². The highest BCUT2D eigenvalue weighted by Crippen LogP contribution is 2.20. The number of hydrogen-bond acceptors (Lipinski definition) is 4. The third kappa shape index (κ3) is 19.8. The summed E-state index contributed by atoms with van der Waals surface area (Å²) in [4.78, 5) is 0. The molecule has 0 aliphatic rings. The Kier molecular flexibility index (Phi) is 12.2. The van der Waals surface area contributed by atoms with Gasteiger partial charge in [-0.3, -0.25) is 0 Å². The van der Waals surface area contributed by atoms with Crippen LogP contribution in [0.2, 0.25) is 0 Å². The third-order valence-corrected chi connectivity index (χ3v) is 3.08. The van der Waals surface area contributed by atoms with E-state index < -0.39 is 0 Å². The first kappa shape index (κ1) is 21.8. The van der Waals surface area contributed by atoms with E-state index >= 15 is 0 Å². The second kappa shape index (κ2) is 12.3. The van der Waals surface area contributed by atoms with Crippen molar-refractivity contribution in [2.24, 2.45) is 5.41 Å². The molecule has 22 heavy (non-hydrogen) atoms. The molecule has 0 aromatic carbocycles. The minimum Gasteiger partial charge on any atom is -0.379 e. The van der Waals surface area contributed by atoms with Gasteiger partial charge in [0.05, 0.1) is 26.4 Å². The average molecular weight is 318 g/mol. The Morgan fingerprint density at radius 1 is 0.636 bits per heavy atom. The molecule has 0 saturated heterocycles. The largest absolute Gasteiger partial charge is 0.379 e. The van der Waals surface area contributed by atoms with Crippen LogP contribution in [0.3, 0.4) is 0 Å². The molecule has 1 N–H and O–H groups in total. The summed E-state index contributed by atoms with van der Waals surface area (Å²) < 4.78 is 16.5. The van der Waals surface area contributed by atoms with Crippen molar-refractivity contribution in [1.82, 2.24) is 5.32 Å². The summed E-state index contributed by atoms with van der Waals surface area (Å²) in [5, 5.41) is 3.44. The molecule has 0 amide bonds. The summed E-state index contributed by atoms with van der Waals surface area (Å²) in [6, 6.07) is 0. The zero-order chi connectivity index (χ0) is 16.9. The van der Waals surface area contributed by atoms with Gasteiger partial charge in [0, 0.05) is 18.8 Å². The summed E-state index contributed by atoms with van der Waals surface area (Å²) in [7, 11) is 0. The normalized spacial score (nSPS) is 12.8. The standard InChI is InChI=1S/C18H39NO3/c1-17(2,3)9-7-11-20-13-15-22-16-14-21-12-8-10-19-18(4,5)6/h19H,7-16H2,1-6H3. The predicted octanol–water partition coefficient (Wildman–Crippen LogP) is 3.64. The lowest BCUT2D eigenvalue weighted by Gasteiger charge is -2.20. The van der Waals surface area contributed by atoms with Gasteiger partial charge in [-0.05, 0) is 52.0 Å². The number of ether oxygens (including phenoxy) is 3. The van der Waals surface area contributed by atoms with Crippen molar-refractivity contribution in [2.75, 3.05) is 46.2 Å². The van der Waals surface area contributed by atoms with E-state index in [1.807, 2.05) is 0 Å². The molecule has 0 heterocycles. The lowest BCUT2D eigenvalue weighted by Crippen LogP contribution is -2.36. The van der Waals surface area contributed by atoms with Crippen molar-refractivity contribution in [3.05, 3.63) is 0 Å². The molecule has 0 spiro atoms. The van der Waals surface area contributed by atoms with Gasteiger partial charge in [-0.1, -0.05) is 20.8 Å². The highest BCUT2D eigenvalue weighted by molar-refractivity contribution is 4.69. The lowest BCUT2D eigenvalue weighted by atomic mass is 9.91. The molecular formula is C18H39NO3. The van der Waals surface area contributed by atoms with Gasteiger partial charge in [-0.2, -0.15) is 0 Å². The summed E-state index contributed by atoms with van der Waals surface area (Å²) in [5.74, 6) is 0. The fourth-order valence-corrected chi connectivity index (χ4v) is 1.88. The summed E-state index contributed by atoms with van der Waals surface area (Å²) in [6.45, 7) is 18.6. The zero-order valence-electron chi connectivity index (χ0n) is 15.8. The van der Waals surface area contributed by atoms with Crippen LogP contribution in [0.1, 0.15) is 60.8 Å². The molecule has 0 saturated carbocycles. The minimum absolute atomic E-state index is 0.190. The molecule has 0 radical (unpaired) electrons. The minimum atomic E-state index is 0.190. The molecule has 134 valence electrons. The van der Waals surface area contributed by atoms with Gasteiger partial charge in [0.2, 0.25) is 0 Å². The Morgan fingerprint density at radius 2 is 1.09 bits per heavy atom. The van der Waals surface area contributed by atoms with Gasteiger partial charge in [-0.15, -0.1) is 0 Å². The maximum absolute atomic E-state index is 5.55. The predicted molar refractivity (Wildman–Crippen MR) is 93.5 cm³/mol. The number of nitrogens with one attached hydrogen (secondary N) is 1. The maximum atomic E-state index is 5.55. The smallest absolute Gasteiger partial charge is 0.0701 e. The van der Waals surface area contributed by atoms with E-state index in [4.69, 9.17) is 14.2 Å². The fourth-order valence-electron chi connectivity index (χ4n) is 1.88. The quantitative estimate of drug-likeness (QED) is 0.526. The Morgan fingerprint density at radius 3 is 1.55 bits per heavy atom.